The van der Waals surface area contributed by atoms with E-state index in [1.54, 1.807) is 30.5 Å². The number of benzene rings is 2. The van der Waals surface area contributed by atoms with E-state index in [2.05, 4.69) is 24.6 Å². The molecule has 6 heteroatoms. The van der Waals surface area contributed by atoms with Gasteiger partial charge in [-0.2, -0.15) is 0 Å². The molecule has 28 heavy (non-hydrogen) atoms. The summed E-state index contributed by atoms with van der Waals surface area (Å²) in [5, 5.41) is 2.10. The topological polar surface area (TPSA) is 52.0 Å². The molecule has 0 unspecified atom stereocenters. The van der Waals surface area contributed by atoms with Gasteiger partial charge in [0.15, 0.2) is 0 Å². The Labute approximate surface area is 166 Å². The summed E-state index contributed by atoms with van der Waals surface area (Å²) in [6.07, 6.45) is 1.71. The van der Waals surface area contributed by atoms with E-state index in [0.29, 0.717) is 16.9 Å². The molecule has 0 aliphatic rings. The van der Waals surface area contributed by atoms with Gasteiger partial charge in [-0.25, -0.2) is 12.4 Å². The summed E-state index contributed by atoms with van der Waals surface area (Å²) in [5.41, 5.74) is 2.06. The molecule has 4 aromatic rings. The summed E-state index contributed by atoms with van der Waals surface area (Å²) in [5.74, 6) is 0. The molecule has 142 valence electrons. The average Bonchev–Trinajstić information content (AvgIpc) is 3.06. The third kappa shape index (κ3) is 2.98. The first-order valence-electron chi connectivity index (χ1n) is 9.18. The predicted octanol–water partition coefficient (Wildman–Crippen LogP) is 4.49. The van der Waals surface area contributed by atoms with Gasteiger partial charge in [-0.05, 0) is 35.5 Å². The van der Waals surface area contributed by atoms with E-state index in [1.807, 2.05) is 48.5 Å². The first kappa shape index (κ1) is 18.7. The second-order valence-corrected chi connectivity index (χ2v) is 14.6. The Morgan fingerprint density at radius 1 is 0.821 bits per heavy atom. The Kier molecular flexibility index (Phi) is 4.48. The van der Waals surface area contributed by atoms with Gasteiger partial charge < -0.3 is 0 Å². The van der Waals surface area contributed by atoms with Crippen LogP contribution in [0.1, 0.15) is 0 Å². The molecule has 0 fully saturated rings. The zero-order valence-electron chi connectivity index (χ0n) is 16.1. The third-order valence-electron chi connectivity index (χ3n) is 4.77. The molecule has 0 saturated heterocycles. The lowest BCUT2D eigenvalue weighted by Gasteiger charge is -2.19. The molecule has 4 nitrogen and oxygen atoms in total. The molecular formula is C22H22N2O2SSi. The van der Waals surface area contributed by atoms with Crippen molar-refractivity contribution < 1.29 is 8.42 Å². The van der Waals surface area contributed by atoms with Crippen LogP contribution in [0, 0.1) is 0 Å². The summed E-state index contributed by atoms with van der Waals surface area (Å²) in [4.78, 5) is 4.80. The van der Waals surface area contributed by atoms with Crippen molar-refractivity contribution in [1.82, 2.24) is 8.96 Å². The van der Waals surface area contributed by atoms with Gasteiger partial charge in [0.25, 0.3) is 10.0 Å². The molecule has 0 aliphatic carbocycles. The Hall–Kier alpha value is -2.70. The second-order valence-electron chi connectivity index (χ2n) is 7.79. The highest BCUT2D eigenvalue weighted by Gasteiger charge is 2.33. The number of pyridine rings is 1. The zero-order valence-corrected chi connectivity index (χ0v) is 17.9. The Bertz CT molecular complexity index is 1240. The molecule has 0 amide bonds. The minimum atomic E-state index is -3.78. The summed E-state index contributed by atoms with van der Waals surface area (Å²) < 4.78 is 29.0. The fourth-order valence-electron chi connectivity index (χ4n) is 3.65. The standard InChI is InChI=1S/C22H22N2O2SSi/c1-28(2,3)22-18-13-7-8-15-20(18)24(21(22)19-14-9-10-16-23-19)27(25,26)17-11-5-4-6-12-17/h4-16H,1-3H3. The molecule has 4 rings (SSSR count). The smallest absolute Gasteiger partial charge is 0.255 e. The van der Waals surface area contributed by atoms with Gasteiger partial charge in [0.1, 0.15) is 0 Å². The summed E-state index contributed by atoms with van der Waals surface area (Å²) in [6.45, 7) is 6.71. The summed E-state index contributed by atoms with van der Waals surface area (Å²) >= 11 is 0. The van der Waals surface area contributed by atoms with Gasteiger partial charge in [0.05, 0.1) is 29.9 Å². The van der Waals surface area contributed by atoms with E-state index in [4.69, 9.17) is 0 Å². The van der Waals surface area contributed by atoms with Crippen LogP contribution < -0.4 is 5.19 Å². The number of para-hydroxylation sites is 1. The van der Waals surface area contributed by atoms with Gasteiger partial charge >= 0.3 is 0 Å². The molecule has 0 bridgehead atoms. The lowest BCUT2D eigenvalue weighted by molar-refractivity contribution is 0.589. The van der Waals surface area contributed by atoms with Gasteiger partial charge in [-0.15, -0.1) is 0 Å². The minimum absolute atomic E-state index is 0.273. The largest absolute Gasteiger partial charge is 0.268 e. The molecule has 0 atom stereocenters. The van der Waals surface area contributed by atoms with Crippen molar-refractivity contribution in [2.45, 2.75) is 24.5 Å². The van der Waals surface area contributed by atoms with E-state index in [-0.39, 0.29) is 4.90 Å². The maximum atomic E-state index is 13.7. The SMILES string of the molecule is C[Si](C)(C)c1c(-c2ccccn2)n(S(=O)(=O)c2ccccc2)c2ccccc12. The molecule has 0 radical (unpaired) electrons. The fourth-order valence-corrected chi connectivity index (χ4v) is 7.26. The van der Waals surface area contributed by atoms with Crippen molar-refractivity contribution in [2.75, 3.05) is 0 Å². The third-order valence-corrected chi connectivity index (χ3v) is 8.51. The highest BCUT2D eigenvalue weighted by Crippen LogP contribution is 2.32. The predicted molar refractivity (Wildman–Crippen MR) is 117 cm³/mol. The molecular weight excluding hydrogens is 384 g/mol. The van der Waals surface area contributed by atoms with Crippen LogP contribution in [0.4, 0.5) is 0 Å². The maximum absolute atomic E-state index is 13.7. The first-order valence-corrected chi connectivity index (χ1v) is 14.1. The highest BCUT2D eigenvalue weighted by molar-refractivity contribution is 7.90. The van der Waals surface area contributed by atoms with Gasteiger partial charge in [-0.3, -0.25) is 4.98 Å². The normalized spacial score (nSPS) is 12.4. The van der Waals surface area contributed by atoms with Crippen LogP contribution in [0.2, 0.25) is 19.6 Å². The van der Waals surface area contributed by atoms with Crippen molar-refractivity contribution in [2.24, 2.45) is 0 Å². The summed E-state index contributed by atoms with van der Waals surface area (Å²) in [6, 6.07) is 22.0. The fraction of sp³-hybridized carbons (Fsp3) is 0.136. The van der Waals surface area contributed by atoms with Gasteiger partial charge in [0, 0.05) is 11.6 Å². The van der Waals surface area contributed by atoms with Crippen molar-refractivity contribution in [1.29, 1.82) is 0 Å². The van der Waals surface area contributed by atoms with Crippen LogP contribution >= 0.6 is 0 Å². The molecule has 0 spiro atoms. The molecule has 0 aliphatic heterocycles. The van der Waals surface area contributed by atoms with E-state index in [1.165, 1.54) is 3.97 Å². The van der Waals surface area contributed by atoms with Crippen molar-refractivity contribution in [3.63, 3.8) is 0 Å². The van der Waals surface area contributed by atoms with Crippen LogP contribution in [-0.2, 0) is 10.0 Å². The quantitative estimate of drug-likeness (QED) is 0.469. The van der Waals surface area contributed by atoms with Crippen LogP contribution in [0.15, 0.2) is 83.9 Å². The van der Waals surface area contributed by atoms with E-state index in [0.717, 1.165) is 10.6 Å². The number of aromatic nitrogens is 2. The van der Waals surface area contributed by atoms with Crippen LogP contribution in [-0.4, -0.2) is 25.4 Å². The minimum Gasteiger partial charge on any atom is -0.255 e. The molecule has 0 N–H and O–H groups in total. The number of hydrogen-bond donors (Lipinski definition) is 0. The van der Waals surface area contributed by atoms with Crippen molar-refractivity contribution in [3.8, 4) is 11.4 Å². The zero-order chi connectivity index (χ0) is 19.9. The van der Waals surface area contributed by atoms with E-state index < -0.39 is 18.1 Å². The first-order chi connectivity index (χ1) is 13.3. The lowest BCUT2D eigenvalue weighted by Crippen LogP contribution is -2.39. The van der Waals surface area contributed by atoms with E-state index in [9.17, 15) is 8.42 Å². The lowest BCUT2D eigenvalue weighted by atomic mass is 10.2. The van der Waals surface area contributed by atoms with Crippen molar-refractivity contribution in [3.05, 3.63) is 79.0 Å². The highest BCUT2D eigenvalue weighted by atomic mass is 32.2. The Balaban J connectivity index is 2.21. The number of rotatable bonds is 4. The second kappa shape index (κ2) is 6.72. The van der Waals surface area contributed by atoms with Crippen molar-refractivity contribution >= 4 is 34.2 Å². The van der Waals surface area contributed by atoms with Gasteiger partial charge in [0.2, 0.25) is 0 Å². The number of fused-ring (bicyclic) bond motifs is 1. The number of nitrogens with zero attached hydrogens (tertiary/aromatic N) is 2. The van der Waals surface area contributed by atoms with Gasteiger partial charge in [-0.1, -0.05) is 62.1 Å². The molecule has 0 saturated carbocycles. The van der Waals surface area contributed by atoms with Crippen LogP contribution in [0.25, 0.3) is 22.3 Å². The Morgan fingerprint density at radius 2 is 1.46 bits per heavy atom. The molecule has 2 aromatic carbocycles. The summed E-state index contributed by atoms with van der Waals surface area (Å²) in [7, 11) is -5.69. The van der Waals surface area contributed by atoms with Crippen LogP contribution in [0.5, 0.6) is 0 Å². The monoisotopic (exact) mass is 406 g/mol. The Morgan fingerprint density at radius 3 is 2.11 bits per heavy atom. The van der Waals surface area contributed by atoms with Crippen LogP contribution in [0.3, 0.4) is 0 Å². The number of hydrogen-bond acceptors (Lipinski definition) is 3. The molecule has 2 aromatic heterocycles. The van der Waals surface area contributed by atoms with E-state index >= 15 is 0 Å². The maximum Gasteiger partial charge on any atom is 0.268 e. The molecule has 2 heterocycles. The average molecular weight is 407 g/mol.